The number of carbonyl (C=O) groups excluding carboxylic acids is 1. The van der Waals surface area contributed by atoms with Crippen LogP contribution in [-0.2, 0) is 23.4 Å². The van der Waals surface area contributed by atoms with Crippen molar-refractivity contribution in [3.8, 4) is 0 Å². The molecule has 2 aromatic rings. The van der Waals surface area contributed by atoms with E-state index in [4.69, 9.17) is 18.6 Å². The second kappa shape index (κ2) is 13.2. The molecule has 37 heavy (non-hydrogen) atoms. The van der Waals surface area contributed by atoms with Gasteiger partial charge in [-0.1, -0.05) is 102 Å². The van der Waals surface area contributed by atoms with Crippen molar-refractivity contribution < 1.29 is 23.4 Å². The van der Waals surface area contributed by atoms with Crippen LogP contribution in [0.5, 0.6) is 0 Å². The Morgan fingerprint density at radius 2 is 1.38 bits per heavy atom. The summed E-state index contributed by atoms with van der Waals surface area (Å²) >= 11 is 0. The van der Waals surface area contributed by atoms with Gasteiger partial charge in [-0.15, -0.1) is 0 Å². The lowest BCUT2D eigenvalue weighted by Crippen LogP contribution is -2.66. The van der Waals surface area contributed by atoms with E-state index < -0.39 is 8.32 Å². The number of ether oxygens (including phenoxy) is 3. The minimum atomic E-state index is -2.50. The van der Waals surface area contributed by atoms with Crippen molar-refractivity contribution in [3.63, 3.8) is 0 Å². The maximum absolute atomic E-state index is 11.3. The largest absolute Gasteiger partial charge is 0.463 e. The standard InChI is InChI=1S/C31H46O5Si/c1-23-24(2)29(22-34-26(4)32)36-30(25(23)3)33-20-14-15-21-35-37(31(5,6)7,27-16-10-8-11-17-27)28-18-12-9-13-19-28/h8-13,16-19,23-25,29-30H,14-15,20-22H2,1-7H3. The first kappa shape index (κ1) is 29.6. The Bertz CT molecular complexity index is 919. The molecule has 204 valence electrons. The zero-order valence-corrected chi connectivity index (χ0v) is 24.7. The van der Waals surface area contributed by atoms with Gasteiger partial charge in [0.2, 0.25) is 0 Å². The molecule has 5 nitrogen and oxygen atoms in total. The second-order valence-corrected chi connectivity index (χ2v) is 15.8. The molecular weight excluding hydrogens is 480 g/mol. The van der Waals surface area contributed by atoms with Crippen molar-refractivity contribution in [1.82, 2.24) is 0 Å². The van der Waals surface area contributed by atoms with Crippen LogP contribution in [-0.4, -0.2) is 46.5 Å². The highest BCUT2D eigenvalue weighted by Gasteiger charge is 2.50. The van der Waals surface area contributed by atoms with Gasteiger partial charge in [0, 0.05) is 26.1 Å². The monoisotopic (exact) mass is 526 g/mol. The third kappa shape index (κ3) is 7.11. The van der Waals surface area contributed by atoms with Gasteiger partial charge >= 0.3 is 5.97 Å². The molecule has 0 aliphatic carbocycles. The fourth-order valence-corrected chi connectivity index (χ4v) is 10.1. The van der Waals surface area contributed by atoms with Gasteiger partial charge in [-0.05, 0) is 40.1 Å². The molecule has 0 N–H and O–H groups in total. The van der Waals surface area contributed by atoms with Crippen LogP contribution >= 0.6 is 0 Å². The first-order valence-electron chi connectivity index (χ1n) is 13.7. The Labute approximate surface area is 225 Å². The number of hydrogen-bond donors (Lipinski definition) is 0. The topological polar surface area (TPSA) is 54.0 Å². The highest BCUT2D eigenvalue weighted by molar-refractivity contribution is 6.99. The average molecular weight is 527 g/mol. The predicted octanol–water partition coefficient (Wildman–Crippen LogP) is 5.56. The van der Waals surface area contributed by atoms with Gasteiger partial charge in [0.1, 0.15) is 6.61 Å². The van der Waals surface area contributed by atoms with Gasteiger partial charge in [0.15, 0.2) is 6.29 Å². The van der Waals surface area contributed by atoms with Gasteiger partial charge in [0.05, 0.1) is 6.10 Å². The summed E-state index contributed by atoms with van der Waals surface area (Å²) in [6, 6.07) is 21.5. The summed E-state index contributed by atoms with van der Waals surface area (Å²) in [4.78, 5) is 11.3. The maximum Gasteiger partial charge on any atom is 0.302 e. The molecule has 0 amide bonds. The molecule has 0 bridgehead atoms. The Hall–Kier alpha value is -1.99. The predicted molar refractivity (Wildman–Crippen MR) is 152 cm³/mol. The second-order valence-electron chi connectivity index (χ2n) is 11.5. The number of hydrogen-bond acceptors (Lipinski definition) is 5. The van der Waals surface area contributed by atoms with Gasteiger partial charge in [-0.2, -0.15) is 0 Å². The molecule has 0 saturated carbocycles. The van der Waals surface area contributed by atoms with Crippen molar-refractivity contribution >= 4 is 24.7 Å². The lowest BCUT2D eigenvalue weighted by Gasteiger charge is -2.43. The van der Waals surface area contributed by atoms with Crippen LogP contribution in [0.2, 0.25) is 5.04 Å². The number of carbonyl (C=O) groups is 1. The van der Waals surface area contributed by atoms with Crippen molar-refractivity contribution in [1.29, 1.82) is 0 Å². The quantitative estimate of drug-likeness (QED) is 0.218. The van der Waals surface area contributed by atoms with Crippen LogP contribution in [0.25, 0.3) is 0 Å². The fourth-order valence-electron chi connectivity index (χ4n) is 5.46. The fraction of sp³-hybridized carbons (Fsp3) is 0.581. The summed E-state index contributed by atoms with van der Waals surface area (Å²) in [7, 11) is -2.50. The van der Waals surface area contributed by atoms with Crippen molar-refractivity contribution in [2.75, 3.05) is 19.8 Å². The lowest BCUT2D eigenvalue weighted by molar-refractivity contribution is -0.255. The van der Waals surface area contributed by atoms with E-state index in [0.717, 1.165) is 12.8 Å². The molecule has 3 rings (SSSR count). The van der Waals surface area contributed by atoms with Crippen LogP contribution in [0.3, 0.4) is 0 Å². The molecule has 6 heteroatoms. The van der Waals surface area contributed by atoms with Crippen LogP contribution in [0, 0.1) is 17.8 Å². The SMILES string of the molecule is CC(=O)OCC1OC(OCCCCO[Si](c2ccccc2)(c2ccccc2)C(C)(C)C)C(C)C(C)C1C. The van der Waals surface area contributed by atoms with Crippen molar-refractivity contribution in [3.05, 3.63) is 60.7 Å². The molecule has 1 heterocycles. The van der Waals surface area contributed by atoms with E-state index in [1.165, 1.54) is 17.3 Å². The maximum atomic E-state index is 11.3. The first-order chi connectivity index (χ1) is 17.6. The van der Waals surface area contributed by atoms with Crippen LogP contribution in [0.15, 0.2) is 60.7 Å². The van der Waals surface area contributed by atoms with Gasteiger partial charge in [0.25, 0.3) is 8.32 Å². The van der Waals surface area contributed by atoms with E-state index in [9.17, 15) is 4.79 Å². The minimum Gasteiger partial charge on any atom is -0.463 e. The molecule has 1 aliphatic heterocycles. The molecule has 2 aromatic carbocycles. The third-order valence-electron chi connectivity index (χ3n) is 7.99. The highest BCUT2D eigenvalue weighted by atomic mass is 28.4. The molecule has 1 aliphatic rings. The van der Waals surface area contributed by atoms with Crippen LogP contribution < -0.4 is 10.4 Å². The Kier molecular flexibility index (Phi) is 10.5. The summed E-state index contributed by atoms with van der Waals surface area (Å²) in [5, 5.41) is 2.58. The van der Waals surface area contributed by atoms with Crippen molar-refractivity contribution in [2.24, 2.45) is 17.8 Å². The number of benzene rings is 2. The molecular formula is C31H46O5Si. The van der Waals surface area contributed by atoms with Gasteiger partial charge < -0.3 is 18.6 Å². The summed E-state index contributed by atoms with van der Waals surface area (Å²) in [5.74, 6) is 0.712. The molecule has 0 spiro atoms. The number of rotatable bonds is 11. The number of unbranched alkanes of at least 4 members (excludes halogenated alkanes) is 1. The van der Waals surface area contributed by atoms with E-state index in [1.807, 2.05) is 0 Å². The summed E-state index contributed by atoms with van der Waals surface area (Å²) in [6.45, 7) is 16.5. The van der Waals surface area contributed by atoms with Crippen LogP contribution in [0.1, 0.15) is 61.3 Å². The van der Waals surface area contributed by atoms with Crippen LogP contribution in [0.4, 0.5) is 0 Å². The number of esters is 1. The summed E-state index contributed by atoms with van der Waals surface area (Å²) in [5.41, 5.74) is 0. The molecule has 5 unspecified atom stereocenters. The smallest absolute Gasteiger partial charge is 0.302 e. The van der Waals surface area contributed by atoms with Gasteiger partial charge in [-0.3, -0.25) is 4.79 Å². The normalized spacial score (nSPS) is 24.6. The third-order valence-corrected chi connectivity index (χ3v) is 13.0. The molecule has 5 atom stereocenters. The molecule has 1 fully saturated rings. The Morgan fingerprint density at radius 3 is 1.89 bits per heavy atom. The zero-order chi connectivity index (χ0) is 27.1. The van der Waals surface area contributed by atoms with Crippen molar-refractivity contribution in [2.45, 2.75) is 78.7 Å². The zero-order valence-electron chi connectivity index (χ0n) is 23.7. The highest BCUT2D eigenvalue weighted by Crippen LogP contribution is 2.37. The molecule has 0 radical (unpaired) electrons. The summed E-state index contributed by atoms with van der Waals surface area (Å²) in [6.07, 6.45) is 1.38. The minimum absolute atomic E-state index is 0.0264. The van der Waals surface area contributed by atoms with E-state index in [0.29, 0.717) is 25.0 Å². The van der Waals surface area contributed by atoms with E-state index >= 15 is 0 Å². The molecule has 1 saturated heterocycles. The Morgan fingerprint density at radius 1 is 0.838 bits per heavy atom. The molecule has 0 aromatic heterocycles. The summed E-state index contributed by atoms with van der Waals surface area (Å²) < 4.78 is 24.7. The average Bonchev–Trinajstić information content (AvgIpc) is 2.87. The Balaban J connectivity index is 1.60. The van der Waals surface area contributed by atoms with E-state index in [1.54, 1.807) is 0 Å². The lowest BCUT2D eigenvalue weighted by atomic mass is 9.79. The van der Waals surface area contributed by atoms with E-state index in [2.05, 4.69) is 102 Å². The van der Waals surface area contributed by atoms with Gasteiger partial charge in [-0.25, -0.2) is 0 Å². The first-order valence-corrected chi connectivity index (χ1v) is 15.6. The van der Waals surface area contributed by atoms with E-state index in [-0.39, 0.29) is 35.9 Å².